The fourth-order valence-electron chi connectivity index (χ4n) is 1.93. The summed E-state index contributed by atoms with van der Waals surface area (Å²) in [4.78, 5) is 18.3. The predicted molar refractivity (Wildman–Crippen MR) is 71.2 cm³/mol. The number of nitrogens with two attached hydrogens (primary N) is 1. The molecular weight excluding hydrogens is 234 g/mol. The highest BCUT2D eigenvalue weighted by Gasteiger charge is 2.23. The molecule has 17 heavy (non-hydrogen) atoms. The highest BCUT2D eigenvalue weighted by atomic mass is 32.2. The van der Waals surface area contributed by atoms with Gasteiger partial charge in [-0.2, -0.15) is 11.8 Å². The van der Waals surface area contributed by atoms with Crippen molar-refractivity contribution in [3.05, 3.63) is 23.5 Å². The lowest BCUT2D eigenvalue weighted by Gasteiger charge is -2.30. The summed E-state index contributed by atoms with van der Waals surface area (Å²) in [6, 6.07) is 1.75. The molecule has 1 aromatic rings. The predicted octanol–water partition coefficient (Wildman–Crippen LogP) is 1.55. The zero-order valence-electron chi connectivity index (χ0n) is 10.1. The van der Waals surface area contributed by atoms with Crippen molar-refractivity contribution in [2.75, 3.05) is 24.6 Å². The Labute approximate surface area is 106 Å². The molecule has 0 saturated carbocycles. The van der Waals surface area contributed by atoms with Crippen molar-refractivity contribution in [1.82, 2.24) is 9.88 Å². The minimum Gasteiger partial charge on any atom is -0.398 e. The van der Waals surface area contributed by atoms with Crippen molar-refractivity contribution in [3.63, 3.8) is 0 Å². The number of pyridine rings is 1. The molecule has 92 valence electrons. The number of amides is 1. The van der Waals surface area contributed by atoms with Gasteiger partial charge in [0.1, 0.15) is 0 Å². The number of hydrogen-bond donors (Lipinski definition) is 1. The van der Waals surface area contributed by atoms with Crippen LogP contribution in [-0.2, 0) is 0 Å². The Morgan fingerprint density at radius 2 is 2.41 bits per heavy atom. The van der Waals surface area contributed by atoms with Gasteiger partial charge in [0, 0.05) is 41.7 Å². The van der Waals surface area contributed by atoms with Crippen LogP contribution in [0, 0.1) is 6.92 Å². The van der Waals surface area contributed by atoms with E-state index in [1.165, 1.54) is 0 Å². The summed E-state index contributed by atoms with van der Waals surface area (Å²) in [6.45, 7) is 5.59. The summed E-state index contributed by atoms with van der Waals surface area (Å²) >= 11 is 1.90. The van der Waals surface area contributed by atoms with Crippen LogP contribution in [0.25, 0.3) is 0 Å². The molecule has 1 saturated heterocycles. The molecule has 4 nitrogen and oxygen atoms in total. The number of thioether (sulfide) groups is 1. The maximum Gasteiger partial charge on any atom is 0.257 e. The van der Waals surface area contributed by atoms with Crippen LogP contribution >= 0.6 is 11.8 Å². The van der Waals surface area contributed by atoms with E-state index in [2.05, 4.69) is 11.9 Å². The van der Waals surface area contributed by atoms with Gasteiger partial charge in [-0.1, -0.05) is 6.92 Å². The van der Waals surface area contributed by atoms with E-state index in [4.69, 9.17) is 5.73 Å². The number of hydrogen-bond acceptors (Lipinski definition) is 4. The highest BCUT2D eigenvalue weighted by Crippen LogP contribution is 2.21. The molecule has 2 N–H and O–H groups in total. The average molecular weight is 251 g/mol. The fourth-order valence-corrected chi connectivity index (χ4v) is 2.95. The van der Waals surface area contributed by atoms with Crippen molar-refractivity contribution in [2.24, 2.45) is 0 Å². The van der Waals surface area contributed by atoms with Crippen LogP contribution in [0.4, 0.5) is 5.69 Å². The maximum absolute atomic E-state index is 12.3. The van der Waals surface area contributed by atoms with Crippen LogP contribution in [0.15, 0.2) is 12.3 Å². The Hall–Kier alpha value is -1.23. The molecule has 2 heterocycles. The smallest absolute Gasteiger partial charge is 0.257 e. The Bertz CT molecular complexity index is 436. The summed E-state index contributed by atoms with van der Waals surface area (Å²) in [6.07, 6.45) is 1.58. The van der Waals surface area contributed by atoms with Crippen LogP contribution in [0.1, 0.15) is 23.0 Å². The van der Waals surface area contributed by atoms with Crippen LogP contribution in [0.2, 0.25) is 0 Å². The number of carbonyl (C=O) groups is 1. The van der Waals surface area contributed by atoms with Crippen LogP contribution in [0.3, 0.4) is 0 Å². The minimum atomic E-state index is 0.00199. The summed E-state index contributed by atoms with van der Waals surface area (Å²) < 4.78 is 0. The molecule has 1 fully saturated rings. The van der Waals surface area contributed by atoms with Crippen molar-refractivity contribution >= 4 is 23.4 Å². The lowest BCUT2D eigenvalue weighted by atomic mass is 10.2. The second-order valence-corrected chi connectivity index (χ2v) is 5.89. The number of carbonyl (C=O) groups excluding carboxylic acids is 1. The molecule has 0 aliphatic carbocycles. The van der Waals surface area contributed by atoms with Crippen LogP contribution in [-0.4, -0.2) is 39.9 Å². The van der Waals surface area contributed by atoms with Gasteiger partial charge in [-0.15, -0.1) is 0 Å². The maximum atomic E-state index is 12.3. The van der Waals surface area contributed by atoms with Gasteiger partial charge in [-0.25, -0.2) is 0 Å². The molecule has 0 spiro atoms. The van der Waals surface area contributed by atoms with Gasteiger partial charge in [0.25, 0.3) is 5.91 Å². The summed E-state index contributed by atoms with van der Waals surface area (Å²) in [5.41, 5.74) is 7.75. The van der Waals surface area contributed by atoms with E-state index in [9.17, 15) is 4.79 Å². The lowest BCUT2D eigenvalue weighted by molar-refractivity contribution is 0.0764. The largest absolute Gasteiger partial charge is 0.398 e. The number of nitrogens with zero attached hydrogens (tertiary/aromatic N) is 2. The minimum absolute atomic E-state index is 0.00199. The summed E-state index contributed by atoms with van der Waals surface area (Å²) in [5.74, 6) is 0.994. The lowest BCUT2D eigenvalue weighted by Crippen LogP contribution is -2.41. The third-order valence-electron chi connectivity index (χ3n) is 2.83. The Balaban J connectivity index is 2.18. The normalized spacial score (nSPS) is 20.4. The first-order chi connectivity index (χ1) is 8.08. The van der Waals surface area contributed by atoms with Crippen molar-refractivity contribution in [1.29, 1.82) is 0 Å². The topological polar surface area (TPSA) is 59.2 Å². The van der Waals surface area contributed by atoms with Crippen molar-refractivity contribution < 1.29 is 4.79 Å². The Morgan fingerprint density at radius 3 is 3.06 bits per heavy atom. The SMILES string of the molecule is Cc1cc(N)c(C(=O)N2CCSC(C)C2)cn1. The van der Waals surface area contributed by atoms with Crippen LogP contribution in [0.5, 0.6) is 0 Å². The molecule has 0 radical (unpaired) electrons. The van der Waals surface area contributed by atoms with Crippen LogP contribution < -0.4 is 5.73 Å². The molecule has 0 aromatic carbocycles. The van der Waals surface area contributed by atoms with Gasteiger partial charge in [0.15, 0.2) is 0 Å². The molecule has 1 aliphatic rings. The van der Waals surface area contributed by atoms with Gasteiger partial charge < -0.3 is 10.6 Å². The number of nitrogen functional groups attached to an aromatic ring is 1. The van der Waals surface area contributed by atoms with Crippen molar-refractivity contribution in [2.45, 2.75) is 19.1 Å². The molecular formula is C12H17N3OS. The average Bonchev–Trinajstić information content (AvgIpc) is 2.28. The van der Waals surface area contributed by atoms with E-state index in [1.54, 1.807) is 12.3 Å². The van der Waals surface area contributed by atoms with E-state index in [0.29, 0.717) is 16.5 Å². The molecule has 1 amide bonds. The summed E-state index contributed by atoms with van der Waals surface area (Å²) in [7, 11) is 0. The first kappa shape index (κ1) is 12.2. The molecule has 2 rings (SSSR count). The van der Waals surface area contributed by atoms with E-state index in [0.717, 1.165) is 24.5 Å². The molecule has 5 heteroatoms. The number of aromatic nitrogens is 1. The third kappa shape index (κ3) is 2.72. The number of aryl methyl sites for hydroxylation is 1. The first-order valence-corrected chi connectivity index (χ1v) is 6.76. The molecule has 0 bridgehead atoms. The van der Waals surface area contributed by atoms with Gasteiger partial charge in [-0.3, -0.25) is 9.78 Å². The molecule has 1 aliphatic heterocycles. The third-order valence-corrected chi connectivity index (χ3v) is 3.97. The van der Waals surface area contributed by atoms with Gasteiger partial charge in [0.05, 0.1) is 5.56 Å². The number of rotatable bonds is 1. The van der Waals surface area contributed by atoms with E-state index in [1.807, 2.05) is 23.6 Å². The molecule has 1 aromatic heterocycles. The van der Waals surface area contributed by atoms with Gasteiger partial charge in [-0.05, 0) is 13.0 Å². The fraction of sp³-hybridized carbons (Fsp3) is 0.500. The first-order valence-electron chi connectivity index (χ1n) is 5.71. The van der Waals surface area contributed by atoms with Gasteiger partial charge >= 0.3 is 0 Å². The van der Waals surface area contributed by atoms with Crippen molar-refractivity contribution in [3.8, 4) is 0 Å². The summed E-state index contributed by atoms with van der Waals surface area (Å²) in [5, 5.41) is 0.493. The van der Waals surface area contributed by atoms with Gasteiger partial charge in [0.2, 0.25) is 0 Å². The zero-order valence-corrected chi connectivity index (χ0v) is 11.0. The standard InChI is InChI=1S/C12H17N3OS/c1-8-5-11(13)10(6-14-8)12(16)15-3-4-17-9(2)7-15/h5-6,9H,3-4,7H2,1-2H3,(H2,13,14). The number of anilines is 1. The van der Waals surface area contributed by atoms with E-state index >= 15 is 0 Å². The molecule has 1 unspecified atom stereocenters. The molecule has 1 atom stereocenters. The zero-order chi connectivity index (χ0) is 12.4. The Morgan fingerprint density at radius 1 is 1.65 bits per heavy atom. The quantitative estimate of drug-likeness (QED) is 0.822. The highest BCUT2D eigenvalue weighted by molar-refractivity contribution is 7.99. The second-order valence-electron chi connectivity index (χ2n) is 4.35. The van der Waals surface area contributed by atoms with E-state index < -0.39 is 0 Å². The van der Waals surface area contributed by atoms with E-state index in [-0.39, 0.29) is 5.91 Å². The second kappa shape index (κ2) is 4.96. The Kier molecular flexibility index (Phi) is 3.57. The monoisotopic (exact) mass is 251 g/mol.